The molecular formula is C17H21N5O3. The van der Waals surface area contributed by atoms with Gasteiger partial charge >= 0.3 is 5.69 Å². The van der Waals surface area contributed by atoms with Gasteiger partial charge in [-0.3, -0.25) is 14.9 Å². The highest BCUT2D eigenvalue weighted by Gasteiger charge is 2.23. The molecule has 3 rings (SSSR count). The number of nitrogens with zero attached hydrogens (tertiary/aromatic N) is 4. The van der Waals surface area contributed by atoms with Crippen molar-refractivity contribution < 1.29 is 9.72 Å². The third-order valence-corrected chi connectivity index (χ3v) is 4.40. The van der Waals surface area contributed by atoms with Gasteiger partial charge in [-0.2, -0.15) is 5.10 Å². The maximum absolute atomic E-state index is 11.7. The zero-order valence-corrected chi connectivity index (χ0v) is 14.4. The number of aryl methyl sites for hydroxylation is 2. The molecule has 1 fully saturated rings. The van der Waals surface area contributed by atoms with Crippen LogP contribution in [-0.4, -0.2) is 32.1 Å². The average molecular weight is 343 g/mol. The van der Waals surface area contributed by atoms with Gasteiger partial charge in [0.15, 0.2) is 0 Å². The number of hydrogen-bond donors (Lipinski definition) is 1. The monoisotopic (exact) mass is 343 g/mol. The molecule has 1 saturated heterocycles. The molecule has 25 heavy (non-hydrogen) atoms. The summed E-state index contributed by atoms with van der Waals surface area (Å²) in [6.07, 6.45) is 1.58. The molecule has 0 aliphatic carbocycles. The van der Waals surface area contributed by atoms with Crippen molar-refractivity contribution in [1.82, 2.24) is 14.7 Å². The number of rotatable bonds is 6. The quantitative estimate of drug-likeness (QED) is 0.642. The number of anilines is 1. The molecule has 2 heterocycles. The van der Waals surface area contributed by atoms with Gasteiger partial charge in [-0.25, -0.2) is 4.68 Å². The van der Waals surface area contributed by atoms with Crippen molar-refractivity contribution in [2.75, 3.05) is 11.9 Å². The molecule has 1 aromatic heterocycles. The molecular weight excluding hydrogens is 322 g/mol. The normalized spacial score (nSPS) is 14.2. The minimum absolute atomic E-state index is 0.00617. The van der Waals surface area contributed by atoms with Crippen LogP contribution in [0.1, 0.15) is 29.7 Å². The molecule has 0 bridgehead atoms. The van der Waals surface area contributed by atoms with Crippen molar-refractivity contribution >= 4 is 17.4 Å². The number of hydrogen-bond acceptors (Lipinski definition) is 5. The first-order valence-corrected chi connectivity index (χ1v) is 8.23. The van der Waals surface area contributed by atoms with E-state index >= 15 is 0 Å². The second kappa shape index (κ2) is 6.92. The fraction of sp³-hybridized carbons (Fsp3) is 0.412. The standard InChI is InChI=1S/C17H21N5O3/c1-12-16(22(24)25)17(20(2)19-12)18-10-13-5-7-14(8-6-13)11-21-9-3-4-15(21)23/h5-8,18H,3-4,9-11H2,1-2H3. The number of nitrogens with one attached hydrogen (secondary N) is 1. The van der Waals surface area contributed by atoms with Crippen molar-refractivity contribution in [2.24, 2.45) is 7.05 Å². The number of benzene rings is 1. The first-order chi connectivity index (χ1) is 12.0. The van der Waals surface area contributed by atoms with E-state index in [2.05, 4.69) is 10.4 Å². The van der Waals surface area contributed by atoms with Gasteiger partial charge in [-0.15, -0.1) is 0 Å². The molecule has 1 aliphatic rings. The van der Waals surface area contributed by atoms with Crippen LogP contribution in [0.4, 0.5) is 11.5 Å². The predicted molar refractivity (Wildman–Crippen MR) is 93.0 cm³/mol. The Morgan fingerprint density at radius 3 is 2.56 bits per heavy atom. The van der Waals surface area contributed by atoms with Crippen LogP contribution in [0.5, 0.6) is 0 Å². The minimum Gasteiger partial charge on any atom is -0.360 e. The Hall–Kier alpha value is -2.90. The van der Waals surface area contributed by atoms with Crippen molar-refractivity contribution in [2.45, 2.75) is 32.9 Å². The SMILES string of the molecule is Cc1nn(C)c(NCc2ccc(CN3CCCC3=O)cc2)c1[N+](=O)[O-]. The summed E-state index contributed by atoms with van der Waals surface area (Å²) in [5, 5.41) is 18.4. The van der Waals surface area contributed by atoms with Crippen LogP contribution in [0, 0.1) is 17.0 Å². The number of likely N-dealkylation sites (tertiary alicyclic amines) is 1. The van der Waals surface area contributed by atoms with E-state index in [-0.39, 0.29) is 11.6 Å². The Labute approximate surface area is 145 Å². The van der Waals surface area contributed by atoms with Crippen LogP contribution in [0.2, 0.25) is 0 Å². The summed E-state index contributed by atoms with van der Waals surface area (Å²) in [4.78, 5) is 24.3. The highest BCUT2D eigenvalue weighted by molar-refractivity contribution is 5.78. The highest BCUT2D eigenvalue weighted by atomic mass is 16.6. The lowest BCUT2D eigenvalue weighted by Crippen LogP contribution is -2.23. The topological polar surface area (TPSA) is 93.3 Å². The van der Waals surface area contributed by atoms with E-state index in [1.54, 1.807) is 14.0 Å². The van der Waals surface area contributed by atoms with Crippen molar-refractivity contribution in [1.29, 1.82) is 0 Å². The van der Waals surface area contributed by atoms with Gasteiger partial charge in [-0.05, 0) is 24.5 Å². The summed E-state index contributed by atoms with van der Waals surface area (Å²) < 4.78 is 1.49. The average Bonchev–Trinajstić information content (AvgIpc) is 3.09. The van der Waals surface area contributed by atoms with Crippen LogP contribution in [0.3, 0.4) is 0 Å². The maximum atomic E-state index is 11.7. The van der Waals surface area contributed by atoms with E-state index < -0.39 is 4.92 Å². The lowest BCUT2D eigenvalue weighted by molar-refractivity contribution is -0.384. The number of aromatic nitrogens is 2. The summed E-state index contributed by atoms with van der Waals surface area (Å²) in [5.74, 6) is 0.610. The number of carbonyl (C=O) groups is 1. The summed E-state index contributed by atoms with van der Waals surface area (Å²) in [6, 6.07) is 7.92. The third kappa shape index (κ3) is 3.62. The first-order valence-electron chi connectivity index (χ1n) is 8.23. The predicted octanol–water partition coefficient (Wildman–Crippen LogP) is 2.37. The Balaban J connectivity index is 1.64. The van der Waals surface area contributed by atoms with Gasteiger partial charge < -0.3 is 10.2 Å². The van der Waals surface area contributed by atoms with E-state index in [9.17, 15) is 14.9 Å². The van der Waals surface area contributed by atoms with Crippen molar-refractivity contribution in [3.63, 3.8) is 0 Å². The molecule has 132 valence electrons. The largest absolute Gasteiger partial charge is 0.360 e. The summed E-state index contributed by atoms with van der Waals surface area (Å²) >= 11 is 0. The van der Waals surface area contributed by atoms with E-state index in [1.807, 2.05) is 29.2 Å². The van der Waals surface area contributed by atoms with Gasteiger partial charge in [0.1, 0.15) is 5.69 Å². The number of amides is 1. The number of carbonyl (C=O) groups excluding carboxylic acids is 1. The van der Waals surface area contributed by atoms with Gasteiger partial charge in [0.2, 0.25) is 11.7 Å². The van der Waals surface area contributed by atoms with E-state index in [1.165, 1.54) is 4.68 Å². The fourth-order valence-corrected chi connectivity index (χ4v) is 3.10. The van der Waals surface area contributed by atoms with Gasteiger partial charge in [0.05, 0.1) is 4.92 Å². The molecule has 1 aromatic carbocycles. The molecule has 8 nitrogen and oxygen atoms in total. The van der Waals surface area contributed by atoms with Gasteiger partial charge in [0.25, 0.3) is 0 Å². The molecule has 0 unspecified atom stereocenters. The summed E-state index contributed by atoms with van der Waals surface area (Å²) in [5.41, 5.74) is 2.48. The van der Waals surface area contributed by atoms with Crippen LogP contribution >= 0.6 is 0 Å². The minimum atomic E-state index is -0.416. The number of nitro groups is 1. The van der Waals surface area contributed by atoms with Crippen molar-refractivity contribution in [3.8, 4) is 0 Å². The molecule has 0 saturated carbocycles. The Morgan fingerprint density at radius 2 is 1.96 bits per heavy atom. The summed E-state index contributed by atoms with van der Waals surface area (Å²) in [7, 11) is 1.68. The molecule has 8 heteroatoms. The Morgan fingerprint density at radius 1 is 1.28 bits per heavy atom. The Kier molecular flexibility index (Phi) is 4.69. The second-order valence-electron chi connectivity index (χ2n) is 6.25. The first kappa shape index (κ1) is 16.9. The lowest BCUT2D eigenvalue weighted by Gasteiger charge is -2.15. The van der Waals surface area contributed by atoms with Crippen LogP contribution < -0.4 is 5.32 Å². The van der Waals surface area contributed by atoms with E-state index in [0.29, 0.717) is 31.0 Å². The molecule has 1 amide bonds. The maximum Gasteiger partial charge on any atom is 0.333 e. The smallest absolute Gasteiger partial charge is 0.333 e. The Bertz CT molecular complexity index is 797. The van der Waals surface area contributed by atoms with Crippen LogP contribution in [-0.2, 0) is 24.9 Å². The highest BCUT2D eigenvalue weighted by Crippen LogP contribution is 2.27. The molecule has 0 spiro atoms. The fourth-order valence-electron chi connectivity index (χ4n) is 3.10. The van der Waals surface area contributed by atoms with Crippen molar-refractivity contribution in [3.05, 3.63) is 51.2 Å². The zero-order valence-electron chi connectivity index (χ0n) is 14.4. The van der Waals surface area contributed by atoms with Gasteiger partial charge in [-0.1, -0.05) is 24.3 Å². The third-order valence-electron chi connectivity index (χ3n) is 4.40. The molecule has 1 N–H and O–H groups in total. The van der Waals surface area contributed by atoms with E-state index in [4.69, 9.17) is 0 Å². The second-order valence-corrected chi connectivity index (χ2v) is 6.25. The van der Waals surface area contributed by atoms with Gasteiger partial charge in [0, 0.05) is 33.1 Å². The zero-order chi connectivity index (χ0) is 18.0. The molecule has 2 aromatic rings. The molecule has 0 atom stereocenters. The van der Waals surface area contributed by atoms with Crippen LogP contribution in [0.25, 0.3) is 0 Å². The lowest BCUT2D eigenvalue weighted by atomic mass is 10.1. The van der Waals surface area contributed by atoms with E-state index in [0.717, 1.165) is 24.1 Å². The molecule has 0 radical (unpaired) electrons. The molecule has 1 aliphatic heterocycles. The summed E-state index contributed by atoms with van der Waals surface area (Å²) in [6.45, 7) is 3.55. The van der Waals surface area contributed by atoms with Crippen LogP contribution in [0.15, 0.2) is 24.3 Å².